The third-order valence-electron chi connectivity index (χ3n) is 3.80. The number of esters is 1. The number of carbonyl (C=O) groups excluding carboxylic acids is 2. The van der Waals surface area contributed by atoms with Gasteiger partial charge in [0.2, 0.25) is 0 Å². The number of hydrogen-bond donors (Lipinski definition) is 2. The van der Waals surface area contributed by atoms with Gasteiger partial charge in [0, 0.05) is 17.5 Å². The maximum Gasteiger partial charge on any atom is 0.355 e. The van der Waals surface area contributed by atoms with Crippen molar-refractivity contribution in [1.29, 1.82) is 0 Å². The van der Waals surface area contributed by atoms with Gasteiger partial charge in [-0.3, -0.25) is 4.79 Å². The minimum Gasteiger partial charge on any atom is -0.497 e. The van der Waals surface area contributed by atoms with E-state index < -0.39 is 5.97 Å². The molecule has 1 aromatic heterocycles. The average molecular weight is 348 g/mol. The van der Waals surface area contributed by atoms with Crippen molar-refractivity contribution < 1.29 is 23.8 Å². The Morgan fingerprint density at radius 2 is 1.96 bits per heavy atom. The fourth-order valence-electron chi connectivity index (χ4n) is 2.60. The maximum absolute atomic E-state index is 12.2. The van der Waals surface area contributed by atoms with Crippen LogP contribution in [0.15, 0.2) is 18.2 Å². The van der Waals surface area contributed by atoms with Crippen LogP contribution in [0.5, 0.6) is 11.5 Å². The zero-order chi connectivity index (χ0) is 18.4. The first-order valence-corrected chi connectivity index (χ1v) is 8.19. The summed E-state index contributed by atoms with van der Waals surface area (Å²) in [5.41, 5.74) is 0.909. The lowest BCUT2D eigenvalue weighted by atomic mass is 10.2. The number of amides is 1. The van der Waals surface area contributed by atoms with Crippen LogP contribution < -0.4 is 14.8 Å². The number of fused-ring (bicyclic) bond motifs is 1. The summed E-state index contributed by atoms with van der Waals surface area (Å²) < 4.78 is 15.6. The second kappa shape index (κ2) is 8.41. The van der Waals surface area contributed by atoms with Gasteiger partial charge in [-0.25, -0.2) is 4.79 Å². The molecule has 0 fully saturated rings. The van der Waals surface area contributed by atoms with Crippen LogP contribution in [0.1, 0.15) is 37.2 Å². The van der Waals surface area contributed by atoms with Crippen LogP contribution in [-0.2, 0) is 9.53 Å². The molecule has 0 spiro atoms. The van der Waals surface area contributed by atoms with E-state index in [1.54, 1.807) is 25.3 Å². The standard InChI is InChI=1S/C18H24N2O5/c1-5-6-11(2)19-16(21)10-25-18(22)14-8-12-7-13(23-3)9-15(24-4)17(12)20-14/h7-9,11,20H,5-6,10H2,1-4H3,(H,19,21). The molecule has 2 rings (SSSR count). The molecule has 1 aromatic carbocycles. The number of nitrogens with one attached hydrogen (secondary N) is 2. The van der Waals surface area contributed by atoms with E-state index in [0.29, 0.717) is 17.0 Å². The summed E-state index contributed by atoms with van der Waals surface area (Å²) in [6.45, 7) is 3.64. The first-order chi connectivity index (χ1) is 12.0. The molecular formula is C18H24N2O5. The van der Waals surface area contributed by atoms with Crippen molar-refractivity contribution in [3.05, 3.63) is 23.9 Å². The van der Waals surface area contributed by atoms with Gasteiger partial charge in [-0.1, -0.05) is 13.3 Å². The first kappa shape index (κ1) is 18.6. The number of aromatic amines is 1. The molecule has 0 radical (unpaired) electrons. The Kier molecular flexibility index (Phi) is 6.27. The highest BCUT2D eigenvalue weighted by atomic mass is 16.5. The van der Waals surface area contributed by atoms with E-state index in [4.69, 9.17) is 14.2 Å². The fraction of sp³-hybridized carbons (Fsp3) is 0.444. The second-order valence-corrected chi connectivity index (χ2v) is 5.81. The van der Waals surface area contributed by atoms with Crippen LogP contribution >= 0.6 is 0 Å². The smallest absolute Gasteiger partial charge is 0.355 e. The quantitative estimate of drug-likeness (QED) is 0.716. The number of methoxy groups -OCH3 is 2. The van der Waals surface area contributed by atoms with Gasteiger partial charge in [-0.2, -0.15) is 0 Å². The van der Waals surface area contributed by atoms with E-state index in [2.05, 4.69) is 10.3 Å². The van der Waals surface area contributed by atoms with Gasteiger partial charge in [0.15, 0.2) is 6.61 Å². The predicted molar refractivity (Wildman–Crippen MR) is 94.2 cm³/mol. The molecule has 0 saturated carbocycles. The van der Waals surface area contributed by atoms with Crippen molar-refractivity contribution in [2.24, 2.45) is 0 Å². The largest absolute Gasteiger partial charge is 0.497 e. The Hall–Kier alpha value is -2.70. The number of carbonyl (C=O) groups is 2. The molecule has 1 amide bonds. The van der Waals surface area contributed by atoms with Crippen LogP contribution in [0.4, 0.5) is 0 Å². The molecule has 0 aliphatic rings. The van der Waals surface area contributed by atoms with Gasteiger partial charge in [-0.05, 0) is 25.5 Å². The van der Waals surface area contributed by atoms with Crippen molar-refractivity contribution in [2.45, 2.75) is 32.7 Å². The third-order valence-corrected chi connectivity index (χ3v) is 3.80. The maximum atomic E-state index is 12.2. The normalized spacial score (nSPS) is 11.8. The monoisotopic (exact) mass is 348 g/mol. The molecule has 0 aliphatic heterocycles. The Bertz CT molecular complexity index is 753. The lowest BCUT2D eigenvalue weighted by Crippen LogP contribution is -2.35. The lowest BCUT2D eigenvalue weighted by molar-refractivity contribution is -0.124. The number of aromatic nitrogens is 1. The summed E-state index contributed by atoms with van der Waals surface area (Å²) >= 11 is 0. The van der Waals surface area contributed by atoms with Crippen molar-refractivity contribution in [1.82, 2.24) is 10.3 Å². The van der Waals surface area contributed by atoms with Crippen molar-refractivity contribution in [3.8, 4) is 11.5 Å². The average Bonchev–Trinajstić information content (AvgIpc) is 3.02. The highest BCUT2D eigenvalue weighted by Gasteiger charge is 2.16. The summed E-state index contributed by atoms with van der Waals surface area (Å²) in [7, 11) is 3.09. The molecule has 1 atom stereocenters. The van der Waals surface area contributed by atoms with Crippen LogP contribution in [0.3, 0.4) is 0 Å². The molecular weight excluding hydrogens is 324 g/mol. The van der Waals surface area contributed by atoms with Gasteiger partial charge in [-0.15, -0.1) is 0 Å². The topological polar surface area (TPSA) is 89.7 Å². The number of H-pyrrole nitrogens is 1. The van der Waals surface area contributed by atoms with Gasteiger partial charge in [0.1, 0.15) is 17.2 Å². The molecule has 2 aromatic rings. The lowest BCUT2D eigenvalue weighted by Gasteiger charge is -2.12. The van der Waals surface area contributed by atoms with E-state index in [9.17, 15) is 9.59 Å². The molecule has 7 nitrogen and oxygen atoms in total. The Balaban J connectivity index is 2.06. The third kappa shape index (κ3) is 4.65. The fourth-order valence-corrected chi connectivity index (χ4v) is 2.60. The van der Waals surface area contributed by atoms with Crippen molar-refractivity contribution in [3.63, 3.8) is 0 Å². The Labute approximate surface area is 146 Å². The second-order valence-electron chi connectivity index (χ2n) is 5.81. The van der Waals surface area contributed by atoms with E-state index in [1.165, 1.54) is 7.11 Å². The number of rotatable bonds is 8. The summed E-state index contributed by atoms with van der Waals surface area (Å²) in [6.07, 6.45) is 1.85. The zero-order valence-corrected chi connectivity index (χ0v) is 15.0. The minimum atomic E-state index is -0.601. The van der Waals surface area contributed by atoms with Crippen molar-refractivity contribution >= 4 is 22.8 Å². The van der Waals surface area contributed by atoms with Crippen LogP contribution in [0, 0.1) is 0 Å². The van der Waals surface area contributed by atoms with E-state index in [1.807, 2.05) is 13.8 Å². The Morgan fingerprint density at radius 1 is 1.20 bits per heavy atom. The highest BCUT2D eigenvalue weighted by molar-refractivity contribution is 5.98. The summed E-state index contributed by atoms with van der Waals surface area (Å²) in [4.78, 5) is 26.9. The van der Waals surface area contributed by atoms with Crippen molar-refractivity contribution in [2.75, 3.05) is 20.8 Å². The number of ether oxygens (including phenoxy) is 3. The minimum absolute atomic E-state index is 0.0565. The molecule has 7 heteroatoms. The zero-order valence-electron chi connectivity index (χ0n) is 15.0. The number of benzene rings is 1. The summed E-state index contributed by atoms with van der Waals surface area (Å²) in [6, 6.07) is 5.20. The van der Waals surface area contributed by atoms with E-state index in [-0.39, 0.29) is 24.2 Å². The first-order valence-electron chi connectivity index (χ1n) is 8.19. The molecule has 0 aliphatic carbocycles. The molecule has 136 valence electrons. The molecule has 1 unspecified atom stereocenters. The number of hydrogen-bond acceptors (Lipinski definition) is 5. The van der Waals surface area contributed by atoms with Gasteiger partial charge >= 0.3 is 5.97 Å². The SMILES string of the molecule is CCCC(C)NC(=O)COC(=O)c1cc2cc(OC)cc(OC)c2[nH]1. The van der Waals surface area contributed by atoms with E-state index >= 15 is 0 Å². The van der Waals surface area contributed by atoms with Crippen LogP contribution in [0.25, 0.3) is 10.9 Å². The van der Waals surface area contributed by atoms with Gasteiger partial charge in [0.25, 0.3) is 5.91 Å². The summed E-state index contributed by atoms with van der Waals surface area (Å²) in [5, 5.41) is 3.54. The molecule has 1 heterocycles. The molecule has 25 heavy (non-hydrogen) atoms. The molecule has 2 N–H and O–H groups in total. The Morgan fingerprint density at radius 3 is 2.60 bits per heavy atom. The van der Waals surface area contributed by atoms with Gasteiger partial charge in [0.05, 0.1) is 19.7 Å². The van der Waals surface area contributed by atoms with Gasteiger partial charge < -0.3 is 24.5 Å². The molecule has 0 saturated heterocycles. The molecule has 0 bridgehead atoms. The summed E-state index contributed by atoms with van der Waals surface area (Å²) in [5.74, 6) is 0.257. The predicted octanol–water partition coefficient (Wildman–Crippen LogP) is 2.65. The van der Waals surface area contributed by atoms with E-state index in [0.717, 1.165) is 18.2 Å². The van der Waals surface area contributed by atoms with Crippen LogP contribution in [-0.4, -0.2) is 43.7 Å². The van der Waals surface area contributed by atoms with Crippen LogP contribution in [0.2, 0.25) is 0 Å². The highest BCUT2D eigenvalue weighted by Crippen LogP contribution is 2.31.